The molecular formula is C10H16N2O3. The number of rotatable bonds is 2. The van der Waals surface area contributed by atoms with Gasteiger partial charge in [0.25, 0.3) is 0 Å². The zero-order valence-corrected chi connectivity index (χ0v) is 8.94. The number of urea groups is 1. The van der Waals surface area contributed by atoms with E-state index in [0.29, 0.717) is 32.7 Å². The third-order valence-electron chi connectivity index (χ3n) is 2.99. The number of nitrogens with zero attached hydrogens (tertiary/aromatic N) is 2. The summed E-state index contributed by atoms with van der Waals surface area (Å²) in [4.78, 5) is 26.7. The van der Waals surface area contributed by atoms with Gasteiger partial charge in [0.15, 0.2) is 0 Å². The normalized spacial score (nSPS) is 27.7. The van der Waals surface area contributed by atoms with Gasteiger partial charge in [-0.15, -0.1) is 0 Å². The first-order valence-corrected chi connectivity index (χ1v) is 5.42. The lowest BCUT2D eigenvalue weighted by molar-refractivity contribution is -0.133. The van der Waals surface area contributed by atoms with Crippen LogP contribution in [0, 0.1) is 0 Å². The predicted octanol–water partition coefficient (Wildman–Crippen LogP) is 0.449. The summed E-state index contributed by atoms with van der Waals surface area (Å²) in [7, 11) is 0. The largest absolute Gasteiger partial charge is 0.379 e. The molecular weight excluding hydrogens is 196 g/mol. The van der Waals surface area contributed by atoms with Crippen LogP contribution in [0.5, 0.6) is 0 Å². The molecule has 2 aliphatic rings. The van der Waals surface area contributed by atoms with Crippen LogP contribution in [0.3, 0.4) is 0 Å². The smallest absolute Gasteiger partial charge is 0.327 e. The van der Waals surface area contributed by atoms with Gasteiger partial charge < -0.3 is 9.64 Å². The van der Waals surface area contributed by atoms with Gasteiger partial charge in [0.2, 0.25) is 5.91 Å². The molecule has 2 heterocycles. The highest BCUT2D eigenvalue weighted by atomic mass is 16.5. The maximum absolute atomic E-state index is 11.9. The van der Waals surface area contributed by atoms with Gasteiger partial charge in [0.05, 0.1) is 12.6 Å². The average Bonchev–Trinajstić information content (AvgIpc) is 2.71. The van der Waals surface area contributed by atoms with Crippen LogP contribution in [0.1, 0.15) is 19.8 Å². The molecule has 2 rings (SSSR count). The van der Waals surface area contributed by atoms with Crippen molar-refractivity contribution in [3.8, 4) is 0 Å². The number of ether oxygens (including phenoxy) is 1. The van der Waals surface area contributed by atoms with Gasteiger partial charge >= 0.3 is 6.03 Å². The van der Waals surface area contributed by atoms with E-state index < -0.39 is 0 Å². The van der Waals surface area contributed by atoms with E-state index in [0.717, 1.165) is 6.42 Å². The van der Waals surface area contributed by atoms with Crippen LogP contribution in [-0.2, 0) is 9.53 Å². The number of hydrogen-bond donors (Lipinski definition) is 0. The Bertz CT molecular complexity index is 274. The van der Waals surface area contributed by atoms with Crippen LogP contribution in [0.25, 0.3) is 0 Å². The highest BCUT2D eigenvalue weighted by Gasteiger charge is 2.37. The molecule has 15 heavy (non-hydrogen) atoms. The first-order chi connectivity index (χ1) is 7.24. The van der Waals surface area contributed by atoms with E-state index in [-0.39, 0.29) is 18.0 Å². The number of hydrogen-bond acceptors (Lipinski definition) is 3. The Labute approximate surface area is 89.0 Å². The molecule has 0 aliphatic carbocycles. The first kappa shape index (κ1) is 10.4. The zero-order chi connectivity index (χ0) is 10.8. The number of carbonyl (C=O) groups excluding carboxylic acids is 2. The van der Waals surface area contributed by atoms with Crippen molar-refractivity contribution in [2.24, 2.45) is 0 Å². The average molecular weight is 212 g/mol. The lowest BCUT2D eigenvalue weighted by atomic mass is 10.1. The van der Waals surface area contributed by atoms with Gasteiger partial charge in [-0.2, -0.15) is 0 Å². The van der Waals surface area contributed by atoms with Crippen molar-refractivity contribution in [2.45, 2.75) is 25.8 Å². The number of carbonyl (C=O) groups is 2. The fourth-order valence-electron chi connectivity index (χ4n) is 2.08. The standard InChI is InChI=1S/C10H16N2O3/c1-2-11-5-3-9(13)12(10(11)14)8-4-6-15-7-8/h8H,2-7H2,1H3. The van der Waals surface area contributed by atoms with Crippen molar-refractivity contribution in [1.29, 1.82) is 0 Å². The first-order valence-electron chi connectivity index (χ1n) is 5.42. The van der Waals surface area contributed by atoms with Crippen LogP contribution in [0.15, 0.2) is 0 Å². The fraction of sp³-hybridized carbons (Fsp3) is 0.800. The van der Waals surface area contributed by atoms with Crippen molar-refractivity contribution >= 4 is 11.9 Å². The van der Waals surface area contributed by atoms with Crippen molar-refractivity contribution in [3.63, 3.8) is 0 Å². The van der Waals surface area contributed by atoms with Crippen LogP contribution in [0.4, 0.5) is 4.79 Å². The Balaban J connectivity index is 2.11. The van der Waals surface area contributed by atoms with Gasteiger partial charge in [-0.1, -0.05) is 0 Å². The van der Waals surface area contributed by atoms with E-state index >= 15 is 0 Å². The van der Waals surface area contributed by atoms with Gasteiger partial charge in [-0.25, -0.2) is 4.79 Å². The minimum atomic E-state index is -0.149. The van der Waals surface area contributed by atoms with Crippen LogP contribution >= 0.6 is 0 Å². The van der Waals surface area contributed by atoms with E-state index in [2.05, 4.69) is 0 Å². The topological polar surface area (TPSA) is 49.9 Å². The quantitative estimate of drug-likeness (QED) is 0.667. The monoisotopic (exact) mass is 212 g/mol. The van der Waals surface area contributed by atoms with Crippen molar-refractivity contribution < 1.29 is 14.3 Å². The van der Waals surface area contributed by atoms with Gasteiger partial charge in [0.1, 0.15) is 0 Å². The summed E-state index contributed by atoms with van der Waals surface area (Å²) in [5, 5.41) is 0. The highest BCUT2D eigenvalue weighted by Crippen LogP contribution is 2.19. The molecule has 0 saturated carbocycles. The van der Waals surface area contributed by atoms with Gasteiger partial charge in [-0.05, 0) is 13.3 Å². The number of imide groups is 1. The summed E-state index contributed by atoms with van der Waals surface area (Å²) in [6, 6.07) is -0.191. The third-order valence-corrected chi connectivity index (χ3v) is 2.99. The molecule has 1 atom stereocenters. The Morgan fingerprint density at radius 3 is 2.87 bits per heavy atom. The molecule has 1 unspecified atom stereocenters. The molecule has 0 radical (unpaired) electrons. The second kappa shape index (κ2) is 4.18. The lowest BCUT2D eigenvalue weighted by Gasteiger charge is -2.36. The SMILES string of the molecule is CCN1CCC(=O)N(C2CCOC2)C1=O. The second-order valence-electron chi connectivity index (χ2n) is 3.89. The lowest BCUT2D eigenvalue weighted by Crippen LogP contribution is -2.56. The molecule has 2 saturated heterocycles. The van der Waals surface area contributed by atoms with Gasteiger partial charge in [0, 0.05) is 26.1 Å². The van der Waals surface area contributed by atoms with Gasteiger partial charge in [-0.3, -0.25) is 9.69 Å². The molecule has 3 amide bonds. The van der Waals surface area contributed by atoms with Crippen molar-refractivity contribution in [3.05, 3.63) is 0 Å². The molecule has 2 aliphatic heterocycles. The summed E-state index contributed by atoms with van der Waals surface area (Å²) in [6.07, 6.45) is 1.21. The van der Waals surface area contributed by atoms with E-state index in [1.165, 1.54) is 4.90 Å². The summed E-state index contributed by atoms with van der Waals surface area (Å²) < 4.78 is 5.21. The maximum atomic E-state index is 11.9. The summed E-state index contributed by atoms with van der Waals surface area (Å²) >= 11 is 0. The minimum Gasteiger partial charge on any atom is -0.379 e. The molecule has 5 heteroatoms. The molecule has 0 aromatic rings. The van der Waals surface area contributed by atoms with E-state index in [9.17, 15) is 9.59 Å². The Kier molecular flexibility index (Phi) is 2.90. The second-order valence-corrected chi connectivity index (χ2v) is 3.89. The van der Waals surface area contributed by atoms with E-state index in [1.807, 2.05) is 6.92 Å². The van der Waals surface area contributed by atoms with Crippen molar-refractivity contribution in [2.75, 3.05) is 26.3 Å². The van der Waals surface area contributed by atoms with Crippen LogP contribution in [-0.4, -0.2) is 54.1 Å². The fourth-order valence-corrected chi connectivity index (χ4v) is 2.08. The molecule has 0 aromatic heterocycles. The maximum Gasteiger partial charge on any atom is 0.327 e. The van der Waals surface area contributed by atoms with E-state index in [1.54, 1.807) is 4.90 Å². The molecule has 0 bridgehead atoms. The Hall–Kier alpha value is -1.10. The minimum absolute atomic E-state index is 0.0423. The summed E-state index contributed by atoms with van der Waals surface area (Å²) in [5.74, 6) is -0.0554. The molecule has 0 N–H and O–H groups in total. The van der Waals surface area contributed by atoms with Crippen molar-refractivity contribution in [1.82, 2.24) is 9.80 Å². The summed E-state index contributed by atoms with van der Waals surface area (Å²) in [6.45, 7) is 4.29. The molecule has 0 aromatic carbocycles. The Morgan fingerprint density at radius 1 is 1.47 bits per heavy atom. The molecule has 0 spiro atoms. The molecule has 2 fully saturated rings. The Morgan fingerprint density at radius 2 is 2.27 bits per heavy atom. The van der Waals surface area contributed by atoms with Crippen LogP contribution < -0.4 is 0 Å². The van der Waals surface area contributed by atoms with E-state index in [4.69, 9.17) is 4.74 Å². The molecule has 5 nitrogen and oxygen atoms in total. The number of amides is 3. The highest BCUT2D eigenvalue weighted by molar-refractivity contribution is 5.97. The third kappa shape index (κ3) is 1.84. The zero-order valence-electron chi connectivity index (χ0n) is 8.94. The molecule has 84 valence electrons. The summed E-state index contributed by atoms with van der Waals surface area (Å²) in [5.41, 5.74) is 0. The predicted molar refractivity (Wildman–Crippen MR) is 53.3 cm³/mol. The van der Waals surface area contributed by atoms with Crippen LogP contribution in [0.2, 0.25) is 0 Å².